The van der Waals surface area contributed by atoms with Crippen LogP contribution in [0.2, 0.25) is 10.0 Å². The molecule has 0 bridgehead atoms. The Morgan fingerprint density at radius 1 is 0.968 bits per heavy atom. The number of anilines is 1. The number of halogens is 3. The number of hydrogen-bond acceptors (Lipinski definition) is 5. The minimum Gasteiger partial charge on any atom is -0.490 e. The van der Waals surface area contributed by atoms with E-state index in [9.17, 15) is 0 Å². The molecule has 1 aliphatic rings. The van der Waals surface area contributed by atoms with E-state index < -0.39 is 0 Å². The largest absolute Gasteiger partial charge is 0.490 e. The van der Waals surface area contributed by atoms with Gasteiger partial charge < -0.3 is 24.3 Å². The lowest BCUT2D eigenvalue weighted by molar-refractivity contribution is 0.174. The topological polar surface area (TPSA) is 49.0 Å². The van der Waals surface area contributed by atoms with E-state index in [0.717, 1.165) is 32.8 Å². The van der Waals surface area contributed by atoms with Crippen molar-refractivity contribution < 1.29 is 18.9 Å². The van der Waals surface area contributed by atoms with Gasteiger partial charge in [-0.25, -0.2) is 0 Å². The second kappa shape index (κ2) is 9.90. The summed E-state index contributed by atoms with van der Waals surface area (Å²) in [4.78, 5) is 0. The highest BCUT2D eigenvalue weighted by molar-refractivity contribution is 9.10. The van der Waals surface area contributed by atoms with Crippen molar-refractivity contribution in [3.63, 3.8) is 0 Å². The summed E-state index contributed by atoms with van der Waals surface area (Å²) < 4.78 is 23.5. The van der Waals surface area contributed by atoms with Crippen LogP contribution in [0.4, 0.5) is 5.69 Å². The van der Waals surface area contributed by atoms with Gasteiger partial charge in [0.15, 0.2) is 23.0 Å². The van der Waals surface area contributed by atoms with E-state index in [0.29, 0.717) is 34.7 Å². The van der Waals surface area contributed by atoms with Gasteiger partial charge in [-0.2, -0.15) is 0 Å². The standard InChI is InChI=1S/C23H20BrCl2NO4/c1-2-28-21-8-14(11-27-15-6-7-20-22(9-15)31-13-30-20)17(24)10-23(21)29-12-16-18(25)4-3-5-19(16)26/h3-10,27H,2,11-13H2,1H3. The van der Waals surface area contributed by atoms with Crippen LogP contribution >= 0.6 is 39.1 Å². The summed E-state index contributed by atoms with van der Waals surface area (Å²) in [5.41, 5.74) is 2.69. The Hall–Kier alpha value is -2.28. The highest BCUT2D eigenvalue weighted by Crippen LogP contribution is 2.37. The van der Waals surface area contributed by atoms with E-state index in [1.54, 1.807) is 18.2 Å². The van der Waals surface area contributed by atoms with Crippen molar-refractivity contribution in [2.24, 2.45) is 0 Å². The first-order valence-corrected chi connectivity index (χ1v) is 11.2. The van der Waals surface area contributed by atoms with Crippen LogP contribution in [0.15, 0.2) is 53.0 Å². The van der Waals surface area contributed by atoms with Crippen LogP contribution in [0.1, 0.15) is 18.1 Å². The third kappa shape index (κ3) is 5.14. The molecule has 3 aromatic rings. The van der Waals surface area contributed by atoms with Crippen LogP contribution in [-0.2, 0) is 13.2 Å². The summed E-state index contributed by atoms with van der Waals surface area (Å²) in [6, 6.07) is 15.0. The summed E-state index contributed by atoms with van der Waals surface area (Å²) in [5, 5.41) is 4.52. The maximum Gasteiger partial charge on any atom is 0.231 e. The molecule has 4 rings (SSSR count). The first-order chi connectivity index (χ1) is 15.0. The molecule has 8 heteroatoms. The molecule has 31 heavy (non-hydrogen) atoms. The molecule has 0 atom stereocenters. The van der Waals surface area contributed by atoms with E-state index in [-0.39, 0.29) is 13.4 Å². The van der Waals surface area contributed by atoms with E-state index >= 15 is 0 Å². The van der Waals surface area contributed by atoms with Gasteiger partial charge >= 0.3 is 0 Å². The van der Waals surface area contributed by atoms with Crippen molar-refractivity contribution in [3.05, 3.63) is 74.2 Å². The third-order valence-electron chi connectivity index (χ3n) is 4.70. The molecule has 162 valence electrons. The van der Waals surface area contributed by atoms with Crippen molar-refractivity contribution in [2.45, 2.75) is 20.1 Å². The number of ether oxygens (including phenoxy) is 4. The zero-order valence-corrected chi connectivity index (χ0v) is 19.8. The Labute approximate surface area is 199 Å². The maximum absolute atomic E-state index is 6.26. The van der Waals surface area contributed by atoms with Crippen LogP contribution in [-0.4, -0.2) is 13.4 Å². The van der Waals surface area contributed by atoms with E-state index in [1.165, 1.54) is 0 Å². The summed E-state index contributed by atoms with van der Waals surface area (Å²) in [7, 11) is 0. The number of rotatable bonds is 8. The number of hydrogen-bond donors (Lipinski definition) is 1. The molecule has 0 unspecified atom stereocenters. The van der Waals surface area contributed by atoms with Crippen molar-refractivity contribution >= 4 is 44.8 Å². The molecule has 0 fully saturated rings. The molecule has 0 saturated carbocycles. The Kier molecular flexibility index (Phi) is 7.00. The zero-order chi connectivity index (χ0) is 21.8. The Morgan fingerprint density at radius 3 is 2.48 bits per heavy atom. The Balaban J connectivity index is 1.50. The number of benzene rings is 3. The molecule has 3 aromatic carbocycles. The average Bonchev–Trinajstić information content (AvgIpc) is 3.22. The summed E-state index contributed by atoms with van der Waals surface area (Å²) in [6.07, 6.45) is 0. The van der Waals surface area contributed by atoms with Gasteiger partial charge in [0.05, 0.1) is 6.61 Å². The molecule has 0 aliphatic carbocycles. The number of nitrogens with one attached hydrogen (secondary N) is 1. The van der Waals surface area contributed by atoms with Gasteiger partial charge in [0.2, 0.25) is 6.79 Å². The molecule has 0 aromatic heterocycles. The first-order valence-electron chi connectivity index (χ1n) is 9.69. The molecule has 0 spiro atoms. The lowest BCUT2D eigenvalue weighted by atomic mass is 10.2. The fraction of sp³-hybridized carbons (Fsp3) is 0.217. The highest BCUT2D eigenvalue weighted by atomic mass is 79.9. The minimum absolute atomic E-state index is 0.236. The molecule has 1 aliphatic heterocycles. The fourth-order valence-electron chi connectivity index (χ4n) is 3.12. The SMILES string of the molecule is CCOc1cc(CNc2ccc3c(c2)OCO3)c(Br)cc1OCc1c(Cl)cccc1Cl. The first kappa shape index (κ1) is 21.9. The predicted molar refractivity (Wildman–Crippen MR) is 126 cm³/mol. The van der Waals surface area contributed by atoms with Crippen molar-refractivity contribution in [3.8, 4) is 23.0 Å². The van der Waals surface area contributed by atoms with Gasteiger partial charge in [-0.05, 0) is 48.9 Å². The molecule has 5 nitrogen and oxygen atoms in total. The summed E-state index contributed by atoms with van der Waals surface area (Å²) >= 11 is 16.2. The van der Waals surface area contributed by atoms with E-state index in [4.69, 9.17) is 42.1 Å². The Morgan fingerprint density at radius 2 is 1.71 bits per heavy atom. The van der Waals surface area contributed by atoms with Crippen molar-refractivity contribution in [2.75, 3.05) is 18.7 Å². The number of fused-ring (bicyclic) bond motifs is 1. The highest BCUT2D eigenvalue weighted by Gasteiger charge is 2.15. The van der Waals surface area contributed by atoms with Crippen molar-refractivity contribution in [1.29, 1.82) is 0 Å². The van der Waals surface area contributed by atoms with Crippen LogP contribution in [0, 0.1) is 0 Å². The average molecular weight is 525 g/mol. The van der Waals surface area contributed by atoms with Gasteiger partial charge in [0, 0.05) is 38.4 Å². The smallest absolute Gasteiger partial charge is 0.231 e. The molecule has 0 amide bonds. The lowest BCUT2D eigenvalue weighted by Gasteiger charge is -2.16. The van der Waals surface area contributed by atoms with E-state index in [2.05, 4.69) is 21.2 Å². The van der Waals surface area contributed by atoms with Gasteiger partial charge in [-0.1, -0.05) is 45.2 Å². The maximum atomic E-state index is 6.26. The normalized spacial score (nSPS) is 12.0. The van der Waals surface area contributed by atoms with Gasteiger partial charge in [-0.15, -0.1) is 0 Å². The monoisotopic (exact) mass is 523 g/mol. The molecular weight excluding hydrogens is 505 g/mol. The van der Waals surface area contributed by atoms with Gasteiger partial charge in [-0.3, -0.25) is 0 Å². The predicted octanol–water partition coefficient (Wildman–Crippen LogP) is 7.07. The van der Waals surface area contributed by atoms with Crippen molar-refractivity contribution in [1.82, 2.24) is 0 Å². The van der Waals surface area contributed by atoms with E-state index in [1.807, 2.05) is 37.3 Å². The second-order valence-corrected chi connectivity index (χ2v) is 8.40. The summed E-state index contributed by atoms with van der Waals surface area (Å²) in [6.45, 7) is 3.51. The second-order valence-electron chi connectivity index (χ2n) is 6.73. The Bertz CT molecular complexity index is 1070. The molecule has 0 saturated heterocycles. The van der Waals surface area contributed by atoms with Crippen LogP contribution in [0.3, 0.4) is 0 Å². The molecule has 1 N–H and O–H groups in total. The van der Waals surface area contributed by atoms with Crippen LogP contribution in [0.5, 0.6) is 23.0 Å². The molecule has 0 radical (unpaired) electrons. The molecule has 1 heterocycles. The fourth-order valence-corrected chi connectivity index (χ4v) is 4.09. The molecular formula is C23H20BrCl2NO4. The third-order valence-corrected chi connectivity index (χ3v) is 6.15. The summed E-state index contributed by atoms with van der Waals surface area (Å²) in [5.74, 6) is 2.75. The quantitative estimate of drug-likeness (QED) is 0.341. The van der Waals surface area contributed by atoms with Gasteiger partial charge in [0.25, 0.3) is 0 Å². The van der Waals surface area contributed by atoms with Crippen LogP contribution in [0.25, 0.3) is 0 Å². The van der Waals surface area contributed by atoms with Crippen LogP contribution < -0.4 is 24.3 Å². The minimum atomic E-state index is 0.236. The van der Waals surface area contributed by atoms with Gasteiger partial charge in [0.1, 0.15) is 6.61 Å². The zero-order valence-electron chi connectivity index (χ0n) is 16.7. The lowest BCUT2D eigenvalue weighted by Crippen LogP contribution is -2.04.